The second kappa shape index (κ2) is 6.58. The van der Waals surface area contributed by atoms with E-state index in [-0.39, 0.29) is 27.8 Å². The molecular formula is C6H17IN5-. The number of nitrogens with one attached hydrogen (secondary N) is 2. The molecule has 0 aromatic rings. The van der Waals surface area contributed by atoms with E-state index in [0.29, 0.717) is 0 Å². The summed E-state index contributed by atoms with van der Waals surface area (Å²) in [6.07, 6.45) is 0.0882. The van der Waals surface area contributed by atoms with Crippen molar-refractivity contribution in [2.24, 2.45) is 5.10 Å². The summed E-state index contributed by atoms with van der Waals surface area (Å²) in [7, 11) is 5.78. The number of hydrogen-bond donors (Lipinski definition) is 2. The van der Waals surface area contributed by atoms with Crippen molar-refractivity contribution in [2.75, 3.05) is 26.1 Å². The monoisotopic (exact) mass is 286 g/mol. The molecule has 0 heterocycles. The molecule has 1 atom stereocenters. The molecule has 2 N–H and O–H groups in total. The predicted molar refractivity (Wildman–Crippen MR) is 47.0 cm³/mol. The summed E-state index contributed by atoms with van der Waals surface area (Å²) < 4.78 is 2.21. The molecule has 0 saturated heterocycles. The van der Waals surface area contributed by atoms with Crippen molar-refractivity contribution < 1.29 is 21.5 Å². The Morgan fingerprint density at radius 3 is 2.33 bits per heavy atom. The maximum absolute atomic E-state index is 3.83. The first-order valence-corrected chi connectivity index (χ1v) is 6.66. The predicted octanol–water partition coefficient (Wildman–Crippen LogP) is -3.89. The molecule has 0 saturated carbocycles. The Morgan fingerprint density at radius 2 is 2.08 bits per heavy atom. The van der Waals surface area contributed by atoms with Gasteiger partial charge in [-0.1, -0.05) is 0 Å². The molecule has 0 spiro atoms. The molecule has 0 radical (unpaired) electrons. The fourth-order valence-corrected chi connectivity index (χ4v) is 1.86. The Morgan fingerprint density at radius 1 is 1.50 bits per heavy atom. The maximum atomic E-state index is 3.83. The summed E-state index contributed by atoms with van der Waals surface area (Å²) in [6, 6.07) is 0. The van der Waals surface area contributed by atoms with E-state index in [2.05, 4.69) is 37.7 Å². The van der Waals surface area contributed by atoms with Crippen LogP contribution >= 0.6 is 0 Å². The van der Waals surface area contributed by atoms with Gasteiger partial charge in [-0.25, -0.2) is 0 Å². The van der Waals surface area contributed by atoms with Crippen LogP contribution in [-0.4, -0.2) is 47.3 Å². The quantitative estimate of drug-likeness (QED) is 0.131. The SMILES string of the molecule is C=NN(NC)C(NC)N(C)[I-]C. The van der Waals surface area contributed by atoms with Crippen molar-refractivity contribution in [2.45, 2.75) is 6.29 Å². The minimum atomic E-state index is 0.0536. The van der Waals surface area contributed by atoms with E-state index in [4.69, 9.17) is 0 Å². The normalized spacial score (nSPS) is 13.4. The van der Waals surface area contributed by atoms with Crippen LogP contribution in [0.5, 0.6) is 0 Å². The molecule has 0 aliphatic carbocycles. The van der Waals surface area contributed by atoms with Gasteiger partial charge in [0.15, 0.2) is 0 Å². The number of halogens is 1. The number of rotatable bonds is 6. The molecule has 74 valence electrons. The topological polar surface area (TPSA) is 42.9 Å². The van der Waals surface area contributed by atoms with Crippen molar-refractivity contribution in [3.05, 3.63) is 0 Å². The second-order valence-corrected chi connectivity index (χ2v) is 4.55. The Balaban J connectivity index is 4.19. The van der Waals surface area contributed by atoms with Crippen LogP contribution in [0.2, 0.25) is 0 Å². The molecule has 0 aliphatic rings. The van der Waals surface area contributed by atoms with E-state index in [1.54, 1.807) is 5.12 Å². The first-order valence-electron chi connectivity index (χ1n) is 3.54. The van der Waals surface area contributed by atoms with Gasteiger partial charge < -0.3 is 0 Å². The fourth-order valence-electron chi connectivity index (χ4n) is 0.814. The van der Waals surface area contributed by atoms with Gasteiger partial charge in [0.1, 0.15) is 0 Å². The molecule has 6 heteroatoms. The zero-order chi connectivity index (χ0) is 9.56. The average molecular weight is 286 g/mol. The summed E-state index contributed by atoms with van der Waals surface area (Å²) in [5.74, 6) is 0. The Bertz CT molecular complexity index is 131. The first-order chi connectivity index (χ1) is 5.71. The van der Waals surface area contributed by atoms with Crippen molar-refractivity contribution >= 4 is 6.72 Å². The van der Waals surface area contributed by atoms with Crippen LogP contribution in [0.1, 0.15) is 0 Å². The minimum absolute atomic E-state index is 0.0536. The summed E-state index contributed by atoms with van der Waals surface area (Å²) in [4.78, 5) is 2.19. The number of alkyl halides is 1. The van der Waals surface area contributed by atoms with Gasteiger partial charge in [0.2, 0.25) is 0 Å². The van der Waals surface area contributed by atoms with Crippen LogP contribution in [0.15, 0.2) is 5.10 Å². The summed E-state index contributed by atoms with van der Waals surface area (Å²) >= 11 is 0.0536. The zero-order valence-corrected chi connectivity index (χ0v) is 10.2. The van der Waals surface area contributed by atoms with E-state index in [9.17, 15) is 0 Å². The molecule has 1 unspecified atom stereocenters. The number of hydrazine groups is 1. The standard InChI is InChI=1S/C6H17IN5/c1-7-11(5)6(8-2)12(9-3)10-4/h6,8,10H,3H2,1-2,4-5H3/q-1. The molecule has 0 fully saturated rings. The average Bonchev–Trinajstić information content (AvgIpc) is 2.12. The van der Waals surface area contributed by atoms with Crippen molar-refractivity contribution in [1.29, 1.82) is 0 Å². The third kappa shape index (κ3) is 3.21. The van der Waals surface area contributed by atoms with Gasteiger partial charge in [-0.3, -0.25) is 0 Å². The van der Waals surface area contributed by atoms with E-state index >= 15 is 0 Å². The molecule has 5 nitrogen and oxygen atoms in total. The third-order valence-corrected chi connectivity index (χ3v) is 3.52. The van der Waals surface area contributed by atoms with E-state index in [1.165, 1.54) is 0 Å². The van der Waals surface area contributed by atoms with Gasteiger partial charge in [-0.15, -0.1) is 0 Å². The van der Waals surface area contributed by atoms with E-state index < -0.39 is 0 Å². The Labute approximate surface area is 84.8 Å². The van der Waals surface area contributed by atoms with Gasteiger partial charge in [0, 0.05) is 0 Å². The summed E-state index contributed by atoms with van der Waals surface area (Å²) in [6.45, 7) is 3.48. The van der Waals surface area contributed by atoms with E-state index in [1.807, 2.05) is 14.1 Å². The number of nitrogens with zero attached hydrogens (tertiary/aromatic N) is 3. The molecule has 0 aromatic heterocycles. The molecule has 0 amide bonds. The van der Waals surface area contributed by atoms with Crippen LogP contribution in [0.25, 0.3) is 0 Å². The van der Waals surface area contributed by atoms with Gasteiger partial charge in [-0.2, -0.15) is 0 Å². The number of hydrazone groups is 1. The summed E-state index contributed by atoms with van der Waals surface area (Å²) in [5.41, 5.74) is 2.94. The zero-order valence-electron chi connectivity index (χ0n) is 8.00. The molecule has 0 rings (SSSR count). The second-order valence-electron chi connectivity index (χ2n) is 2.07. The van der Waals surface area contributed by atoms with Crippen molar-refractivity contribution in [1.82, 2.24) is 19.0 Å². The van der Waals surface area contributed by atoms with Crippen LogP contribution in [0, 0.1) is 0 Å². The van der Waals surface area contributed by atoms with Crippen molar-refractivity contribution in [3.8, 4) is 0 Å². The van der Waals surface area contributed by atoms with Crippen LogP contribution in [0.4, 0.5) is 0 Å². The van der Waals surface area contributed by atoms with E-state index in [0.717, 1.165) is 0 Å². The first kappa shape index (κ1) is 12.1. The van der Waals surface area contributed by atoms with Gasteiger partial charge >= 0.3 is 84.6 Å². The van der Waals surface area contributed by atoms with Crippen LogP contribution in [-0.2, 0) is 0 Å². The number of hydrogen-bond acceptors (Lipinski definition) is 5. The Hall–Kier alpha value is 0.0800. The third-order valence-electron chi connectivity index (χ3n) is 1.47. The van der Waals surface area contributed by atoms with Crippen LogP contribution in [0.3, 0.4) is 0 Å². The van der Waals surface area contributed by atoms with Crippen molar-refractivity contribution in [3.63, 3.8) is 0 Å². The van der Waals surface area contributed by atoms with Gasteiger partial charge in [0.25, 0.3) is 0 Å². The molecule has 12 heavy (non-hydrogen) atoms. The Kier molecular flexibility index (Phi) is 6.62. The van der Waals surface area contributed by atoms with Gasteiger partial charge in [-0.05, 0) is 0 Å². The summed E-state index contributed by atoms with van der Waals surface area (Å²) in [5, 5.41) is 8.65. The fraction of sp³-hybridized carbons (Fsp3) is 0.833. The molecule has 0 bridgehead atoms. The van der Waals surface area contributed by atoms with Crippen LogP contribution < -0.4 is 32.2 Å². The van der Waals surface area contributed by atoms with Gasteiger partial charge in [0.05, 0.1) is 0 Å². The molecular weight excluding hydrogens is 269 g/mol. The molecule has 0 aliphatic heterocycles. The molecule has 0 aromatic carbocycles.